The summed E-state index contributed by atoms with van der Waals surface area (Å²) in [7, 11) is 0. The van der Waals surface area contributed by atoms with Gasteiger partial charge >= 0.3 is 6.18 Å². The monoisotopic (exact) mass is 217 g/mol. The lowest BCUT2D eigenvalue weighted by Crippen LogP contribution is -2.09. The zero-order valence-corrected chi connectivity index (χ0v) is 8.02. The predicted octanol–water partition coefficient (Wildman–Crippen LogP) is 3.03. The molecular weight excluding hydrogens is 207 g/mol. The zero-order chi connectivity index (χ0) is 11.8. The Morgan fingerprint density at radius 2 is 1.93 bits per heavy atom. The summed E-state index contributed by atoms with van der Waals surface area (Å²) in [6.45, 7) is 4.98. The van der Waals surface area contributed by atoms with Crippen molar-refractivity contribution in [1.29, 1.82) is 0 Å². The molecule has 0 saturated carbocycles. The second-order valence-electron chi connectivity index (χ2n) is 3.23. The van der Waals surface area contributed by atoms with Gasteiger partial charge in [0.15, 0.2) is 0 Å². The molecule has 0 atom stereocenters. The lowest BCUT2D eigenvalue weighted by molar-refractivity contribution is -0.136. The molecule has 0 aliphatic heterocycles. The zero-order valence-electron chi connectivity index (χ0n) is 8.02. The highest BCUT2D eigenvalue weighted by atomic mass is 19.4. The van der Waals surface area contributed by atoms with Gasteiger partial charge in [0, 0.05) is 17.3 Å². The van der Waals surface area contributed by atoms with Gasteiger partial charge < -0.3 is 10.8 Å². The van der Waals surface area contributed by atoms with Gasteiger partial charge in [-0.25, -0.2) is 0 Å². The number of hydrogen-bond acceptors (Lipinski definition) is 2. The molecule has 0 aliphatic carbocycles. The van der Waals surface area contributed by atoms with Crippen molar-refractivity contribution in [3.05, 3.63) is 29.8 Å². The smallest absolute Gasteiger partial charge is 0.418 e. The molecule has 1 aromatic rings. The third-order valence-electron chi connectivity index (χ3n) is 1.93. The van der Waals surface area contributed by atoms with Gasteiger partial charge in [-0.3, -0.25) is 0 Å². The third-order valence-corrected chi connectivity index (χ3v) is 1.93. The summed E-state index contributed by atoms with van der Waals surface area (Å²) in [6.07, 6.45) is -4.53. The van der Waals surface area contributed by atoms with Crippen LogP contribution in [0.5, 0.6) is 5.75 Å². The maximum absolute atomic E-state index is 12.4. The number of aromatic hydroxyl groups is 1. The lowest BCUT2D eigenvalue weighted by atomic mass is 10.0. The molecule has 5 heteroatoms. The van der Waals surface area contributed by atoms with E-state index in [1.54, 1.807) is 0 Å². The predicted molar refractivity (Wildman–Crippen MR) is 52.2 cm³/mol. The van der Waals surface area contributed by atoms with Crippen molar-refractivity contribution in [2.45, 2.75) is 13.1 Å². The van der Waals surface area contributed by atoms with E-state index in [4.69, 9.17) is 5.73 Å². The molecule has 0 unspecified atom stereocenters. The van der Waals surface area contributed by atoms with E-state index in [0.717, 1.165) is 12.1 Å². The molecule has 0 radical (unpaired) electrons. The Kier molecular flexibility index (Phi) is 2.66. The molecule has 1 aromatic carbocycles. The molecule has 0 bridgehead atoms. The first kappa shape index (κ1) is 11.4. The van der Waals surface area contributed by atoms with Crippen LogP contribution in [0.4, 0.5) is 18.9 Å². The quantitative estimate of drug-likeness (QED) is 0.710. The van der Waals surface area contributed by atoms with Crippen LogP contribution in [0.1, 0.15) is 18.1 Å². The van der Waals surface area contributed by atoms with E-state index < -0.39 is 17.4 Å². The molecule has 82 valence electrons. The van der Waals surface area contributed by atoms with Crippen LogP contribution < -0.4 is 5.73 Å². The van der Waals surface area contributed by atoms with Crippen molar-refractivity contribution in [3.8, 4) is 5.75 Å². The van der Waals surface area contributed by atoms with Crippen LogP contribution in [0.25, 0.3) is 5.57 Å². The van der Waals surface area contributed by atoms with Gasteiger partial charge in [0.1, 0.15) is 5.75 Å². The Hall–Kier alpha value is -1.65. The minimum absolute atomic E-state index is 0.0523. The van der Waals surface area contributed by atoms with Crippen LogP contribution in [0.3, 0.4) is 0 Å². The number of benzene rings is 1. The summed E-state index contributed by atoms with van der Waals surface area (Å²) in [6, 6.07) is 1.68. The third kappa shape index (κ3) is 2.23. The van der Waals surface area contributed by atoms with Gasteiger partial charge in [-0.05, 0) is 18.6 Å². The molecule has 0 spiro atoms. The SMILES string of the molecule is C=C(C)c1cc(C(F)(F)F)c(N)cc1O. The largest absolute Gasteiger partial charge is 0.507 e. The van der Waals surface area contributed by atoms with Crippen molar-refractivity contribution in [3.63, 3.8) is 0 Å². The first-order chi connectivity index (χ1) is 6.73. The minimum Gasteiger partial charge on any atom is -0.507 e. The highest BCUT2D eigenvalue weighted by Crippen LogP contribution is 2.38. The van der Waals surface area contributed by atoms with Crippen molar-refractivity contribution >= 4 is 11.3 Å². The molecule has 0 aromatic heterocycles. The first-order valence-corrected chi connectivity index (χ1v) is 4.09. The average molecular weight is 217 g/mol. The number of alkyl halides is 3. The van der Waals surface area contributed by atoms with E-state index in [9.17, 15) is 18.3 Å². The molecule has 15 heavy (non-hydrogen) atoms. The molecule has 0 amide bonds. The minimum atomic E-state index is -4.53. The number of phenolic OH excluding ortho intramolecular Hbond substituents is 1. The second-order valence-corrected chi connectivity index (χ2v) is 3.23. The van der Waals surface area contributed by atoms with Crippen LogP contribution in [-0.4, -0.2) is 5.11 Å². The van der Waals surface area contributed by atoms with E-state index in [0.29, 0.717) is 5.57 Å². The van der Waals surface area contributed by atoms with Crippen molar-refractivity contribution < 1.29 is 18.3 Å². The summed E-state index contributed by atoms with van der Waals surface area (Å²) in [5.74, 6) is -0.298. The Bertz CT molecular complexity index is 410. The van der Waals surface area contributed by atoms with Crippen LogP contribution in [0.15, 0.2) is 18.7 Å². The molecule has 1 rings (SSSR count). The van der Waals surface area contributed by atoms with Crippen LogP contribution in [0.2, 0.25) is 0 Å². The van der Waals surface area contributed by atoms with Gasteiger partial charge in [-0.1, -0.05) is 6.58 Å². The maximum Gasteiger partial charge on any atom is 0.418 e. The summed E-state index contributed by atoms with van der Waals surface area (Å²) in [4.78, 5) is 0. The summed E-state index contributed by atoms with van der Waals surface area (Å²) >= 11 is 0. The van der Waals surface area contributed by atoms with E-state index in [-0.39, 0.29) is 11.3 Å². The Morgan fingerprint density at radius 1 is 1.40 bits per heavy atom. The van der Waals surface area contributed by atoms with Gasteiger partial charge in [-0.15, -0.1) is 0 Å². The van der Waals surface area contributed by atoms with Gasteiger partial charge in [0.25, 0.3) is 0 Å². The second kappa shape index (κ2) is 3.49. The fourth-order valence-electron chi connectivity index (χ4n) is 1.19. The molecule has 3 N–H and O–H groups in total. The summed E-state index contributed by atoms with van der Waals surface area (Å²) in [5, 5.41) is 9.34. The van der Waals surface area contributed by atoms with Gasteiger partial charge in [0.2, 0.25) is 0 Å². The van der Waals surface area contributed by atoms with Crippen LogP contribution in [-0.2, 0) is 6.18 Å². The molecule has 0 fully saturated rings. The van der Waals surface area contributed by atoms with E-state index >= 15 is 0 Å². The number of allylic oxidation sites excluding steroid dienone is 1. The molecule has 0 aliphatic rings. The average Bonchev–Trinajstić information content (AvgIpc) is 2.00. The molecular formula is C10H10F3NO. The van der Waals surface area contributed by atoms with Crippen LogP contribution in [0, 0.1) is 0 Å². The Labute approximate surface area is 84.8 Å². The number of hydrogen-bond donors (Lipinski definition) is 2. The highest BCUT2D eigenvalue weighted by molar-refractivity contribution is 5.71. The van der Waals surface area contributed by atoms with Crippen molar-refractivity contribution in [2.24, 2.45) is 0 Å². The number of halogens is 3. The maximum atomic E-state index is 12.4. The number of phenols is 1. The van der Waals surface area contributed by atoms with E-state index in [1.165, 1.54) is 6.92 Å². The Balaban J connectivity index is 3.43. The van der Waals surface area contributed by atoms with E-state index in [2.05, 4.69) is 6.58 Å². The molecule has 2 nitrogen and oxygen atoms in total. The lowest BCUT2D eigenvalue weighted by Gasteiger charge is -2.13. The topological polar surface area (TPSA) is 46.2 Å². The normalized spacial score (nSPS) is 11.5. The molecule has 0 saturated heterocycles. The number of nitrogens with two attached hydrogens (primary N) is 1. The summed E-state index contributed by atoms with van der Waals surface area (Å²) in [5.41, 5.74) is 4.11. The van der Waals surface area contributed by atoms with Gasteiger partial charge in [-0.2, -0.15) is 13.2 Å². The molecule has 0 heterocycles. The van der Waals surface area contributed by atoms with Gasteiger partial charge in [0.05, 0.1) is 5.56 Å². The Morgan fingerprint density at radius 3 is 2.33 bits per heavy atom. The summed E-state index contributed by atoms with van der Waals surface area (Å²) < 4.78 is 37.3. The first-order valence-electron chi connectivity index (χ1n) is 4.09. The highest BCUT2D eigenvalue weighted by Gasteiger charge is 2.33. The fourth-order valence-corrected chi connectivity index (χ4v) is 1.19. The number of rotatable bonds is 1. The van der Waals surface area contributed by atoms with Crippen LogP contribution >= 0.6 is 0 Å². The van der Waals surface area contributed by atoms with Crippen molar-refractivity contribution in [1.82, 2.24) is 0 Å². The number of nitrogen functional groups attached to an aromatic ring is 1. The fraction of sp³-hybridized carbons (Fsp3) is 0.200. The standard InChI is InChI=1S/C10H10F3NO/c1-5(2)6-3-7(10(11,12)13)8(14)4-9(6)15/h3-4,15H,1,14H2,2H3. The number of anilines is 1. The van der Waals surface area contributed by atoms with Crippen molar-refractivity contribution in [2.75, 3.05) is 5.73 Å². The van der Waals surface area contributed by atoms with E-state index in [1.807, 2.05) is 0 Å².